The predicted molar refractivity (Wildman–Crippen MR) is 164 cm³/mol. The number of furan rings is 1. The van der Waals surface area contributed by atoms with Gasteiger partial charge in [0, 0.05) is 38.4 Å². The first-order valence-electron chi connectivity index (χ1n) is 13.5. The molecule has 0 unspecified atom stereocenters. The van der Waals surface area contributed by atoms with Crippen molar-refractivity contribution >= 4 is 32.8 Å². The molecule has 0 aliphatic carbocycles. The quantitative estimate of drug-likeness (QED) is 0.229. The van der Waals surface area contributed by atoms with Crippen LogP contribution >= 0.6 is 0 Å². The van der Waals surface area contributed by atoms with Gasteiger partial charge in [-0.05, 0) is 30.3 Å². The molecule has 0 N–H and O–H groups in total. The highest BCUT2D eigenvalue weighted by atomic mass is 16.3. The Kier molecular flexibility index (Phi) is 5.38. The van der Waals surface area contributed by atoms with Crippen molar-refractivity contribution in [2.75, 3.05) is 0 Å². The Labute approximate surface area is 235 Å². The van der Waals surface area contributed by atoms with Gasteiger partial charge in [0.05, 0.1) is 11.2 Å². The smallest absolute Gasteiger partial charge is 0.164 e. The fourth-order valence-electron chi connectivity index (χ4n) is 5.23. The standard InChI is InChI=1S/C36H22N4O/c1-2-9-25(10-3-1)34-38-35(26-16-14-24(15-17-26)31-21-19-23-8-4-6-12-30(23)37-31)40-36(39-34)27-18-20-29-28-11-5-7-13-32(28)41-33(29)22-27/h1-22H. The molecular weight excluding hydrogens is 504 g/mol. The molecule has 0 spiro atoms. The van der Waals surface area contributed by atoms with Crippen molar-refractivity contribution in [1.29, 1.82) is 0 Å². The number of benzene rings is 5. The highest BCUT2D eigenvalue weighted by molar-refractivity contribution is 6.05. The summed E-state index contributed by atoms with van der Waals surface area (Å²) in [6.07, 6.45) is 0. The summed E-state index contributed by atoms with van der Waals surface area (Å²) >= 11 is 0. The summed E-state index contributed by atoms with van der Waals surface area (Å²) in [6.45, 7) is 0. The first-order valence-corrected chi connectivity index (χ1v) is 13.5. The third-order valence-corrected chi connectivity index (χ3v) is 7.34. The summed E-state index contributed by atoms with van der Waals surface area (Å²) < 4.78 is 6.15. The number of hydrogen-bond donors (Lipinski definition) is 0. The average Bonchev–Trinajstić information content (AvgIpc) is 3.43. The van der Waals surface area contributed by atoms with E-state index in [9.17, 15) is 0 Å². The topological polar surface area (TPSA) is 64.7 Å². The van der Waals surface area contributed by atoms with Crippen molar-refractivity contribution in [1.82, 2.24) is 19.9 Å². The molecule has 0 aliphatic rings. The van der Waals surface area contributed by atoms with Crippen LogP contribution in [0, 0.1) is 0 Å². The summed E-state index contributed by atoms with van der Waals surface area (Å²) in [5, 5.41) is 3.29. The molecule has 0 amide bonds. The van der Waals surface area contributed by atoms with Gasteiger partial charge in [-0.3, -0.25) is 0 Å². The Balaban J connectivity index is 1.23. The molecule has 5 aromatic carbocycles. The minimum absolute atomic E-state index is 0.594. The maximum Gasteiger partial charge on any atom is 0.164 e. The van der Waals surface area contributed by atoms with E-state index in [2.05, 4.69) is 42.5 Å². The zero-order valence-corrected chi connectivity index (χ0v) is 21.9. The number of fused-ring (bicyclic) bond motifs is 4. The molecule has 3 heterocycles. The van der Waals surface area contributed by atoms with Crippen molar-refractivity contribution in [3.05, 3.63) is 133 Å². The Bertz CT molecular complexity index is 2200. The van der Waals surface area contributed by atoms with Crippen molar-refractivity contribution in [2.45, 2.75) is 0 Å². The van der Waals surface area contributed by atoms with E-state index < -0.39 is 0 Å². The summed E-state index contributed by atoms with van der Waals surface area (Å²) in [4.78, 5) is 19.5. The second-order valence-corrected chi connectivity index (χ2v) is 9.95. The average molecular weight is 527 g/mol. The van der Waals surface area contributed by atoms with Gasteiger partial charge in [-0.1, -0.05) is 103 Å². The summed E-state index contributed by atoms with van der Waals surface area (Å²) in [6, 6.07) is 44.7. The van der Waals surface area contributed by atoms with Gasteiger partial charge in [-0.25, -0.2) is 19.9 Å². The van der Waals surface area contributed by atoms with Crippen LogP contribution < -0.4 is 0 Å². The van der Waals surface area contributed by atoms with E-state index in [1.165, 1.54) is 0 Å². The third kappa shape index (κ3) is 4.21. The van der Waals surface area contributed by atoms with Gasteiger partial charge in [0.15, 0.2) is 17.5 Å². The monoisotopic (exact) mass is 526 g/mol. The summed E-state index contributed by atoms with van der Waals surface area (Å²) in [7, 11) is 0. The van der Waals surface area contributed by atoms with Crippen LogP contribution in [0.3, 0.4) is 0 Å². The molecular formula is C36H22N4O. The zero-order valence-electron chi connectivity index (χ0n) is 21.9. The molecule has 0 saturated heterocycles. The van der Waals surface area contributed by atoms with Crippen LogP contribution in [-0.2, 0) is 0 Å². The molecule has 192 valence electrons. The first-order chi connectivity index (χ1) is 20.3. The van der Waals surface area contributed by atoms with Crippen LogP contribution in [0.1, 0.15) is 0 Å². The Morgan fingerprint density at radius 3 is 1.83 bits per heavy atom. The molecule has 0 saturated carbocycles. The Morgan fingerprint density at radius 2 is 1.00 bits per heavy atom. The SMILES string of the molecule is c1ccc(-c2nc(-c3ccc(-c4ccc5ccccc5n4)cc3)nc(-c3ccc4c(c3)oc3ccccc34)n2)cc1. The molecule has 5 heteroatoms. The summed E-state index contributed by atoms with van der Waals surface area (Å²) in [5.74, 6) is 1.82. The van der Waals surface area contributed by atoms with E-state index in [1.807, 2.05) is 91.0 Å². The number of nitrogens with zero attached hydrogens (tertiary/aromatic N) is 4. The summed E-state index contributed by atoms with van der Waals surface area (Å²) in [5.41, 5.74) is 7.31. The fraction of sp³-hybridized carbons (Fsp3) is 0. The maximum atomic E-state index is 6.15. The van der Waals surface area contributed by atoms with Gasteiger partial charge in [-0.2, -0.15) is 0 Å². The number of hydrogen-bond acceptors (Lipinski definition) is 5. The van der Waals surface area contributed by atoms with Gasteiger partial charge < -0.3 is 4.42 Å². The second kappa shape index (κ2) is 9.50. The first kappa shape index (κ1) is 23.2. The maximum absolute atomic E-state index is 6.15. The van der Waals surface area contributed by atoms with E-state index in [-0.39, 0.29) is 0 Å². The van der Waals surface area contributed by atoms with E-state index >= 15 is 0 Å². The van der Waals surface area contributed by atoms with Crippen molar-refractivity contribution in [2.24, 2.45) is 0 Å². The van der Waals surface area contributed by atoms with Gasteiger partial charge in [-0.15, -0.1) is 0 Å². The van der Waals surface area contributed by atoms with Crippen LogP contribution in [0.5, 0.6) is 0 Å². The second-order valence-electron chi connectivity index (χ2n) is 9.95. The lowest BCUT2D eigenvalue weighted by Gasteiger charge is -2.09. The van der Waals surface area contributed by atoms with Gasteiger partial charge in [0.1, 0.15) is 11.2 Å². The van der Waals surface area contributed by atoms with Crippen LogP contribution in [0.15, 0.2) is 138 Å². The van der Waals surface area contributed by atoms with Crippen molar-refractivity contribution in [3.8, 4) is 45.4 Å². The van der Waals surface area contributed by atoms with E-state index in [1.54, 1.807) is 0 Å². The molecule has 5 nitrogen and oxygen atoms in total. The molecule has 3 aromatic heterocycles. The van der Waals surface area contributed by atoms with Crippen molar-refractivity contribution < 1.29 is 4.42 Å². The van der Waals surface area contributed by atoms with Gasteiger partial charge in [0.2, 0.25) is 0 Å². The lowest BCUT2D eigenvalue weighted by atomic mass is 10.1. The highest BCUT2D eigenvalue weighted by Crippen LogP contribution is 2.33. The van der Waals surface area contributed by atoms with E-state index in [4.69, 9.17) is 24.4 Å². The predicted octanol–water partition coefficient (Wildman–Crippen LogP) is 8.99. The zero-order chi connectivity index (χ0) is 27.2. The third-order valence-electron chi connectivity index (χ3n) is 7.34. The van der Waals surface area contributed by atoms with Crippen LogP contribution in [0.25, 0.3) is 78.3 Å². The normalized spacial score (nSPS) is 11.4. The molecule has 8 rings (SSSR count). The van der Waals surface area contributed by atoms with E-state index in [0.29, 0.717) is 17.5 Å². The molecule has 41 heavy (non-hydrogen) atoms. The lowest BCUT2D eigenvalue weighted by molar-refractivity contribution is 0.669. The number of rotatable bonds is 4. The number of pyridine rings is 1. The molecule has 0 fully saturated rings. The molecule has 0 radical (unpaired) electrons. The van der Waals surface area contributed by atoms with Crippen LogP contribution in [0.4, 0.5) is 0 Å². The fourth-order valence-corrected chi connectivity index (χ4v) is 5.23. The van der Waals surface area contributed by atoms with Gasteiger partial charge in [0.25, 0.3) is 0 Å². The minimum atomic E-state index is 0.594. The van der Waals surface area contributed by atoms with Crippen molar-refractivity contribution in [3.63, 3.8) is 0 Å². The van der Waals surface area contributed by atoms with Crippen LogP contribution in [-0.4, -0.2) is 19.9 Å². The molecule has 0 bridgehead atoms. The lowest BCUT2D eigenvalue weighted by Crippen LogP contribution is -2.00. The van der Waals surface area contributed by atoms with Crippen LogP contribution in [0.2, 0.25) is 0 Å². The Morgan fingerprint density at radius 1 is 0.390 bits per heavy atom. The molecule has 8 aromatic rings. The number of aromatic nitrogens is 4. The number of para-hydroxylation sites is 2. The van der Waals surface area contributed by atoms with Gasteiger partial charge >= 0.3 is 0 Å². The largest absolute Gasteiger partial charge is 0.456 e. The highest BCUT2D eigenvalue weighted by Gasteiger charge is 2.15. The molecule has 0 aliphatic heterocycles. The minimum Gasteiger partial charge on any atom is -0.456 e. The van der Waals surface area contributed by atoms with E-state index in [0.717, 1.165) is 60.8 Å². The molecule has 0 atom stereocenters. The Hall–Kier alpha value is -5.68.